The molecule has 0 aromatic carbocycles. The second-order valence-corrected chi connectivity index (χ2v) is 6.02. The van der Waals surface area contributed by atoms with Crippen molar-refractivity contribution in [3.8, 4) is 0 Å². The van der Waals surface area contributed by atoms with E-state index in [1.54, 1.807) is 6.92 Å². The molecule has 118 valence electrons. The van der Waals surface area contributed by atoms with E-state index in [0.717, 1.165) is 58.9 Å². The zero-order chi connectivity index (χ0) is 15.0. The number of carbonyl (C=O) groups is 1. The van der Waals surface area contributed by atoms with Crippen molar-refractivity contribution in [2.24, 2.45) is 0 Å². The van der Waals surface area contributed by atoms with Gasteiger partial charge in [0.2, 0.25) is 0 Å². The molecule has 0 atom stereocenters. The first kappa shape index (κ1) is 17.6. The van der Waals surface area contributed by atoms with E-state index in [9.17, 15) is 4.79 Å². The summed E-state index contributed by atoms with van der Waals surface area (Å²) in [5, 5.41) is 0. The van der Waals surface area contributed by atoms with E-state index in [2.05, 4.69) is 40.6 Å². The van der Waals surface area contributed by atoms with E-state index in [-0.39, 0.29) is 5.78 Å². The molecule has 0 aromatic heterocycles. The SMILES string of the molecule is CCN1CCN(C)CCN(CC(C)=O)CCN(C)CC1. The van der Waals surface area contributed by atoms with Crippen LogP contribution in [0.1, 0.15) is 13.8 Å². The molecular formula is C15H32N4O. The van der Waals surface area contributed by atoms with Gasteiger partial charge in [0.25, 0.3) is 0 Å². The summed E-state index contributed by atoms with van der Waals surface area (Å²) in [5.41, 5.74) is 0. The van der Waals surface area contributed by atoms with Crippen molar-refractivity contribution in [1.82, 2.24) is 19.6 Å². The van der Waals surface area contributed by atoms with E-state index in [4.69, 9.17) is 0 Å². The van der Waals surface area contributed by atoms with E-state index < -0.39 is 0 Å². The highest BCUT2D eigenvalue weighted by atomic mass is 16.1. The van der Waals surface area contributed by atoms with Crippen LogP contribution in [0.15, 0.2) is 0 Å². The Morgan fingerprint density at radius 3 is 1.55 bits per heavy atom. The van der Waals surface area contributed by atoms with Crippen LogP contribution in [-0.2, 0) is 4.79 Å². The highest BCUT2D eigenvalue weighted by Crippen LogP contribution is 1.98. The van der Waals surface area contributed by atoms with Crippen LogP contribution in [0.25, 0.3) is 0 Å². The largest absolute Gasteiger partial charge is 0.304 e. The minimum Gasteiger partial charge on any atom is -0.304 e. The molecule has 1 heterocycles. The van der Waals surface area contributed by atoms with Gasteiger partial charge in [0.05, 0.1) is 6.54 Å². The Morgan fingerprint density at radius 2 is 1.20 bits per heavy atom. The van der Waals surface area contributed by atoms with Gasteiger partial charge in [0.15, 0.2) is 0 Å². The summed E-state index contributed by atoms with van der Waals surface area (Å²) < 4.78 is 0. The Bertz CT molecular complexity index is 267. The lowest BCUT2D eigenvalue weighted by atomic mass is 10.3. The predicted molar refractivity (Wildman–Crippen MR) is 84.2 cm³/mol. The fraction of sp³-hybridized carbons (Fsp3) is 0.933. The second-order valence-electron chi connectivity index (χ2n) is 6.02. The van der Waals surface area contributed by atoms with Crippen LogP contribution in [0.2, 0.25) is 0 Å². The minimum absolute atomic E-state index is 0.263. The lowest BCUT2D eigenvalue weighted by Crippen LogP contribution is -2.45. The van der Waals surface area contributed by atoms with Gasteiger partial charge in [-0.05, 0) is 27.6 Å². The molecule has 1 fully saturated rings. The quantitative estimate of drug-likeness (QED) is 0.732. The number of likely N-dealkylation sites (N-methyl/N-ethyl adjacent to an activating group) is 3. The maximum absolute atomic E-state index is 11.4. The average molecular weight is 284 g/mol. The molecule has 0 aromatic rings. The predicted octanol–water partition coefficient (Wildman–Crippen LogP) is 0.0765. The summed E-state index contributed by atoms with van der Waals surface area (Å²) >= 11 is 0. The summed E-state index contributed by atoms with van der Waals surface area (Å²) in [6, 6.07) is 0. The Balaban J connectivity index is 2.54. The standard InChI is InChI=1S/C15H32N4O/c1-5-18-10-6-16(3)8-12-19(14-15(2)20)13-9-17(4)7-11-18/h5-14H2,1-4H3. The first-order valence-corrected chi connectivity index (χ1v) is 7.82. The molecule has 1 rings (SSSR count). The first-order valence-electron chi connectivity index (χ1n) is 7.82. The summed E-state index contributed by atoms with van der Waals surface area (Å²) in [6.07, 6.45) is 0. The molecule has 0 N–H and O–H groups in total. The number of Topliss-reactive ketones (excluding diaryl/α,β-unsaturated/α-hetero) is 1. The molecule has 5 nitrogen and oxygen atoms in total. The maximum Gasteiger partial charge on any atom is 0.143 e. The fourth-order valence-corrected chi connectivity index (χ4v) is 2.48. The topological polar surface area (TPSA) is 30.0 Å². The number of nitrogens with zero attached hydrogens (tertiary/aromatic N) is 4. The monoisotopic (exact) mass is 284 g/mol. The Labute approximate surface area is 124 Å². The maximum atomic E-state index is 11.4. The molecule has 0 amide bonds. The number of rotatable bonds is 3. The van der Waals surface area contributed by atoms with Gasteiger partial charge in [-0.1, -0.05) is 6.92 Å². The average Bonchev–Trinajstić information content (AvgIpc) is 2.40. The lowest BCUT2D eigenvalue weighted by Gasteiger charge is -2.31. The molecule has 0 aliphatic carbocycles. The molecule has 1 aliphatic rings. The van der Waals surface area contributed by atoms with Gasteiger partial charge in [-0.2, -0.15) is 0 Å². The molecule has 0 bridgehead atoms. The van der Waals surface area contributed by atoms with Crippen LogP contribution in [-0.4, -0.2) is 105 Å². The normalized spacial score (nSPS) is 23.2. The van der Waals surface area contributed by atoms with Crippen LogP contribution < -0.4 is 0 Å². The molecule has 20 heavy (non-hydrogen) atoms. The minimum atomic E-state index is 0.263. The smallest absolute Gasteiger partial charge is 0.143 e. The third kappa shape index (κ3) is 7.33. The van der Waals surface area contributed by atoms with Gasteiger partial charge in [-0.25, -0.2) is 0 Å². The number of carbonyl (C=O) groups excluding carboxylic acids is 1. The van der Waals surface area contributed by atoms with Crippen molar-refractivity contribution >= 4 is 5.78 Å². The highest BCUT2D eigenvalue weighted by molar-refractivity contribution is 5.77. The highest BCUT2D eigenvalue weighted by Gasteiger charge is 2.13. The number of hydrogen-bond donors (Lipinski definition) is 0. The molecule has 0 unspecified atom stereocenters. The van der Waals surface area contributed by atoms with Crippen LogP contribution >= 0.6 is 0 Å². The van der Waals surface area contributed by atoms with Gasteiger partial charge in [0.1, 0.15) is 5.78 Å². The van der Waals surface area contributed by atoms with Gasteiger partial charge in [0, 0.05) is 52.4 Å². The van der Waals surface area contributed by atoms with Gasteiger partial charge < -0.3 is 14.7 Å². The van der Waals surface area contributed by atoms with Crippen LogP contribution in [0.5, 0.6) is 0 Å². The number of ketones is 1. The number of hydrogen-bond acceptors (Lipinski definition) is 5. The van der Waals surface area contributed by atoms with E-state index >= 15 is 0 Å². The summed E-state index contributed by atoms with van der Waals surface area (Å²) in [4.78, 5) is 20.9. The zero-order valence-corrected chi connectivity index (χ0v) is 13.8. The molecular weight excluding hydrogens is 252 g/mol. The fourth-order valence-electron chi connectivity index (χ4n) is 2.48. The third-order valence-corrected chi connectivity index (χ3v) is 4.09. The Kier molecular flexibility index (Phi) is 8.30. The summed E-state index contributed by atoms with van der Waals surface area (Å²) in [6.45, 7) is 14.1. The zero-order valence-electron chi connectivity index (χ0n) is 13.8. The first-order chi connectivity index (χ1) is 9.51. The van der Waals surface area contributed by atoms with Crippen molar-refractivity contribution < 1.29 is 4.79 Å². The second kappa shape index (κ2) is 9.45. The molecule has 0 radical (unpaired) electrons. The Hall–Kier alpha value is -0.490. The van der Waals surface area contributed by atoms with Gasteiger partial charge in [-0.3, -0.25) is 9.69 Å². The van der Waals surface area contributed by atoms with E-state index in [1.165, 1.54) is 0 Å². The van der Waals surface area contributed by atoms with Gasteiger partial charge >= 0.3 is 0 Å². The molecule has 0 saturated carbocycles. The van der Waals surface area contributed by atoms with Crippen LogP contribution in [0.3, 0.4) is 0 Å². The summed E-state index contributed by atoms with van der Waals surface area (Å²) in [7, 11) is 4.36. The Morgan fingerprint density at radius 1 is 0.800 bits per heavy atom. The van der Waals surface area contributed by atoms with E-state index in [1.807, 2.05) is 0 Å². The lowest BCUT2D eigenvalue weighted by molar-refractivity contribution is -0.118. The van der Waals surface area contributed by atoms with Gasteiger partial charge in [-0.15, -0.1) is 0 Å². The van der Waals surface area contributed by atoms with Crippen molar-refractivity contribution in [2.75, 3.05) is 79.5 Å². The summed E-state index contributed by atoms with van der Waals surface area (Å²) in [5.74, 6) is 0.263. The molecule has 0 spiro atoms. The van der Waals surface area contributed by atoms with E-state index in [0.29, 0.717) is 6.54 Å². The van der Waals surface area contributed by atoms with Crippen LogP contribution in [0, 0.1) is 0 Å². The molecule has 5 heteroatoms. The van der Waals surface area contributed by atoms with Crippen molar-refractivity contribution in [2.45, 2.75) is 13.8 Å². The molecule has 1 saturated heterocycles. The van der Waals surface area contributed by atoms with Crippen molar-refractivity contribution in [1.29, 1.82) is 0 Å². The molecule has 1 aliphatic heterocycles. The van der Waals surface area contributed by atoms with Crippen molar-refractivity contribution in [3.63, 3.8) is 0 Å². The van der Waals surface area contributed by atoms with Crippen molar-refractivity contribution in [3.05, 3.63) is 0 Å². The van der Waals surface area contributed by atoms with Crippen LogP contribution in [0.4, 0.5) is 0 Å². The third-order valence-electron chi connectivity index (χ3n) is 4.09.